The Hall–Kier alpha value is -2.83. The maximum absolute atomic E-state index is 12.1. The van der Waals surface area contributed by atoms with Gasteiger partial charge in [-0.25, -0.2) is 0 Å². The number of carboxylic acid groups (broad SMARTS) is 1. The van der Waals surface area contributed by atoms with Crippen LogP contribution in [0.3, 0.4) is 0 Å². The zero-order valence-electron chi connectivity index (χ0n) is 19.2. The molecule has 1 fully saturated rings. The lowest BCUT2D eigenvalue weighted by atomic mass is 9.95. The van der Waals surface area contributed by atoms with Crippen LogP contribution in [0.5, 0.6) is 11.5 Å². The second-order valence-corrected chi connectivity index (χ2v) is 9.67. The van der Waals surface area contributed by atoms with E-state index in [1.54, 1.807) is 11.3 Å². The summed E-state index contributed by atoms with van der Waals surface area (Å²) in [5, 5.41) is 9.93. The van der Waals surface area contributed by atoms with E-state index in [0.29, 0.717) is 31.1 Å². The minimum atomic E-state index is -0.749. The summed E-state index contributed by atoms with van der Waals surface area (Å²) < 4.78 is 12.1. The molecule has 0 saturated carbocycles. The van der Waals surface area contributed by atoms with Crippen molar-refractivity contribution >= 4 is 17.3 Å². The first kappa shape index (κ1) is 23.3. The topological polar surface area (TPSA) is 59.0 Å². The highest BCUT2D eigenvalue weighted by atomic mass is 32.1. The van der Waals surface area contributed by atoms with Crippen molar-refractivity contribution in [1.29, 1.82) is 0 Å². The van der Waals surface area contributed by atoms with Crippen LogP contribution in [0.1, 0.15) is 53.1 Å². The molecule has 5 nitrogen and oxygen atoms in total. The van der Waals surface area contributed by atoms with Crippen molar-refractivity contribution in [1.82, 2.24) is 4.90 Å². The number of carboxylic acids is 1. The molecular weight excluding hydrogens is 434 g/mol. The highest BCUT2D eigenvalue weighted by molar-refractivity contribution is 7.12. The van der Waals surface area contributed by atoms with Crippen LogP contribution in [-0.4, -0.2) is 35.2 Å². The molecule has 0 bridgehead atoms. The molecule has 33 heavy (non-hydrogen) atoms. The smallest absolute Gasteiger partial charge is 0.320 e. The number of hydrogen-bond acceptors (Lipinski definition) is 5. The Labute approximate surface area is 199 Å². The summed E-state index contributed by atoms with van der Waals surface area (Å²) in [6.45, 7) is 5.78. The molecule has 2 unspecified atom stereocenters. The van der Waals surface area contributed by atoms with E-state index in [4.69, 9.17) is 9.47 Å². The quantitative estimate of drug-likeness (QED) is 0.416. The summed E-state index contributed by atoms with van der Waals surface area (Å²) in [6.07, 6.45) is 2.62. The number of thiophene rings is 1. The van der Waals surface area contributed by atoms with Crippen molar-refractivity contribution in [2.24, 2.45) is 0 Å². The molecule has 0 radical (unpaired) electrons. The van der Waals surface area contributed by atoms with Crippen LogP contribution < -0.4 is 9.47 Å². The molecule has 1 aromatic heterocycles. The van der Waals surface area contributed by atoms with E-state index in [1.165, 1.54) is 4.88 Å². The van der Waals surface area contributed by atoms with E-state index in [2.05, 4.69) is 30.0 Å². The molecule has 0 amide bonds. The number of benzene rings is 2. The molecule has 2 aromatic carbocycles. The van der Waals surface area contributed by atoms with Gasteiger partial charge in [0.25, 0.3) is 0 Å². The first-order chi connectivity index (χ1) is 16.1. The van der Waals surface area contributed by atoms with Crippen LogP contribution in [0.15, 0.2) is 60.7 Å². The molecular formula is C27H31NO4S. The van der Waals surface area contributed by atoms with Crippen molar-refractivity contribution in [3.63, 3.8) is 0 Å². The molecule has 2 atom stereocenters. The molecule has 174 valence electrons. The Kier molecular flexibility index (Phi) is 7.68. The summed E-state index contributed by atoms with van der Waals surface area (Å²) in [5.74, 6) is 0.632. The molecule has 1 aliphatic rings. The van der Waals surface area contributed by atoms with Gasteiger partial charge < -0.3 is 14.6 Å². The van der Waals surface area contributed by atoms with Gasteiger partial charge in [-0.1, -0.05) is 42.8 Å². The highest BCUT2D eigenvalue weighted by Gasteiger charge is 2.36. The van der Waals surface area contributed by atoms with Gasteiger partial charge in [-0.15, -0.1) is 11.3 Å². The molecule has 1 N–H and O–H groups in total. The molecule has 1 aliphatic heterocycles. The summed E-state index contributed by atoms with van der Waals surface area (Å²) in [5.41, 5.74) is 2.12. The second-order valence-electron chi connectivity index (χ2n) is 8.35. The number of ether oxygens (including phenoxy) is 2. The number of carbonyl (C=O) groups is 1. The Bertz CT molecular complexity index is 1060. The Balaban J connectivity index is 1.68. The Morgan fingerprint density at radius 3 is 2.61 bits per heavy atom. The average Bonchev–Trinajstić information content (AvgIpc) is 3.25. The summed E-state index contributed by atoms with van der Waals surface area (Å²) in [4.78, 5) is 16.6. The zero-order valence-corrected chi connectivity index (χ0v) is 20.0. The fourth-order valence-corrected chi connectivity index (χ4v) is 5.49. The van der Waals surface area contributed by atoms with E-state index in [-0.39, 0.29) is 6.04 Å². The van der Waals surface area contributed by atoms with Crippen LogP contribution in [0, 0.1) is 6.92 Å². The number of nitrogens with zero attached hydrogens (tertiary/aromatic N) is 1. The van der Waals surface area contributed by atoms with Gasteiger partial charge in [0.15, 0.2) is 11.5 Å². The minimum Gasteiger partial charge on any atom is -0.490 e. The van der Waals surface area contributed by atoms with Crippen LogP contribution in [0.2, 0.25) is 0 Å². The Morgan fingerprint density at radius 1 is 1.09 bits per heavy atom. The third kappa shape index (κ3) is 5.57. The molecule has 0 spiro atoms. The van der Waals surface area contributed by atoms with Gasteiger partial charge in [-0.3, -0.25) is 9.69 Å². The van der Waals surface area contributed by atoms with Gasteiger partial charge >= 0.3 is 5.97 Å². The van der Waals surface area contributed by atoms with Gasteiger partial charge in [0.1, 0.15) is 12.6 Å². The third-order valence-corrected chi connectivity index (χ3v) is 7.07. The van der Waals surface area contributed by atoms with Crippen molar-refractivity contribution in [2.45, 2.75) is 51.8 Å². The van der Waals surface area contributed by atoms with Crippen molar-refractivity contribution in [3.05, 3.63) is 81.5 Å². The number of piperidine rings is 1. The molecule has 1 saturated heterocycles. The van der Waals surface area contributed by atoms with Gasteiger partial charge in [-0.2, -0.15) is 0 Å². The standard InChI is InChI=1S/C27H31NO4S/c1-3-31-24-17-21(13-14-23(24)32-18-20-9-5-4-6-10-20)26(25-15-12-19(2)33-25)28-16-8-7-11-22(28)27(29)30/h4-6,9-10,12-15,17,22,26H,3,7-8,11,16,18H2,1-2H3,(H,29,30). The monoisotopic (exact) mass is 465 g/mol. The van der Waals surface area contributed by atoms with E-state index in [9.17, 15) is 9.90 Å². The zero-order chi connectivity index (χ0) is 23.2. The summed E-state index contributed by atoms with van der Waals surface area (Å²) in [6, 6.07) is 19.7. The Morgan fingerprint density at radius 2 is 1.91 bits per heavy atom. The SMILES string of the molecule is CCOc1cc(C(c2ccc(C)s2)N2CCCCC2C(=O)O)ccc1OCc1ccccc1. The lowest BCUT2D eigenvalue weighted by molar-refractivity contribution is -0.145. The van der Waals surface area contributed by atoms with Crippen LogP contribution in [-0.2, 0) is 11.4 Å². The molecule has 4 rings (SSSR count). The minimum absolute atomic E-state index is 0.132. The second kappa shape index (κ2) is 10.9. The maximum Gasteiger partial charge on any atom is 0.320 e. The molecule has 3 aromatic rings. The van der Waals surface area contributed by atoms with Gasteiger partial charge in [0.05, 0.1) is 12.6 Å². The van der Waals surface area contributed by atoms with Crippen molar-refractivity contribution in [2.75, 3.05) is 13.2 Å². The number of aryl methyl sites for hydroxylation is 1. The van der Waals surface area contributed by atoms with Gasteiger partial charge in [0.2, 0.25) is 0 Å². The van der Waals surface area contributed by atoms with Crippen LogP contribution in [0.4, 0.5) is 0 Å². The number of hydrogen-bond donors (Lipinski definition) is 1. The lowest BCUT2D eigenvalue weighted by Gasteiger charge is -2.39. The predicted octanol–water partition coefficient (Wildman–Crippen LogP) is 6.06. The number of rotatable bonds is 9. The summed E-state index contributed by atoms with van der Waals surface area (Å²) >= 11 is 1.72. The normalized spacial score (nSPS) is 17.5. The van der Waals surface area contributed by atoms with Crippen molar-refractivity contribution < 1.29 is 19.4 Å². The van der Waals surface area contributed by atoms with Gasteiger partial charge in [0, 0.05) is 9.75 Å². The van der Waals surface area contributed by atoms with E-state index in [0.717, 1.165) is 35.4 Å². The first-order valence-corrected chi connectivity index (χ1v) is 12.4. The first-order valence-electron chi connectivity index (χ1n) is 11.5. The molecule has 2 heterocycles. The van der Waals surface area contributed by atoms with Crippen LogP contribution in [0.25, 0.3) is 0 Å². The van der Waals surface area contributed by atoms with E-state index >= 15 is 0 Å². The largest absolute Gasteiger partial charge is 0.490 e. The third-order valence-electron chi connectivity index (χ3n) is 6.01. The van der Waals surface area contributed by atoms with E-state index in [1.807, 2.05) is 49.4 Å². The molecule has 0 aliphatic carbocycles. The number of likely N-dealkylation sites (tertiary alicyclic amines) is 1. The lowest BCUT2D eigenvalue weighted by Crippen LogP contribution is -2.46. The van der Waals surface area contributed by atoms with E-state index < -0.39 is 12.0 Å². The maximum atomic E-state index is 12.1. The average molecular weight is 466 g/mol. The fraction of sp³-hybridized carbons (Fsp3) is 0.370. The van der Waals surface area contributed by atoms with Crippen LogP contribution >= 0.6 is 11.3 Å². The van der Waals surface area contributed by atoms with Crippen molar-refractivity contribution in [3.8, 4) is 11.5 Å². The fourth-order valence-electron chi connectivity index (χ4n) is 4.47. The highest BCUT2D eigenvalue weighted by Crippen LogP contribution is 2.40. The summed E-state index contributed by atoms with van der Waals surface area (Å²) in [7, 11) is 0. The van der Waals surface area contributed by atoms with Gasteiger partial charge in [-0.05, 0) is 68.6 Å². The number of aliphatic carboxylic acids is 1. The predicted molar refractivity (Wildman–Crippen MR) is 131 cm³/mol. The molecule has 6 heteroatoms.